The van der Waals surface area contributed by atoms with Crippen molar-refractivity contribution in [3.8, 4) is 0 Å². The number of halogens is 2. The van der Waals surface area contributed by atoms with Crippen LogP contribution in [0.5, 0.6) is 0 Å². The van der Waals surface area contributed by atoms with Gasteiger partial charge in [-0.3, -0.25) is 9.69 Å². The summed E-state index contributed by atoms with van der Waals surface area (Å²) < 4.78 is 5.32. The Bertz CT molecular complexity index is 496. The normalized spacial score (nSPS) is 23.1. The highest BCUT2D eigenvalue weighted by atomic mass is 35.5. The molecule has 110 valence electrons. The van der Waals surface area contributed by atoms with E-state index in [1.165, 1.54) is 0 Å². The van der Waals surface area contributed by atoms with Gasteiger partial charge in [0.2, 0.25) is 5.91 Å². The van der Waals surface area contributed by atoms with Gasteiger partial charge in [-0.15, -0.1) is 0 Å². The van der Waals surface area contributed by atoms with Crippen LogP contribution >= 0.6 is 23.2 Å². The molecule has 2 N–H and O–H groups in total. The molecule has 0 aromatic heterocycles. The largest absolute Gasteiger partial charge is 0.380 e. The van der Waals surface area contributed by atoms with Crippen LogP contribution in [0.2, 0.25) is 10.0 Å². The molecule has 1 aromatic rings. The second-order valence-electron chi connectivity index (χ2n) is 4.97. The zero-order valence-corrected chi connectivity index (χ0v) is 12.8. The van der Waals surface area contributed by atoms with Crippen molar-refractivity contribution < 1.29 is 9.53 Å². The van der Waals surface area contributed by atoms with Crippen LogP contribution in [-0.4, -0.2) is 43.2 Å². The van der Waals surface area contributed by atoms with Gasteiger partial charge in [-0.2, -0.15) is 0 Å². The number of carbonyl (C=O) groups is 1. The van der Waals surface area contributed by atoms with Crippen LogP contribution in [0.25, 0.3) is 0 Å². The lowest BCUT2D eigenvalue weighted by molar-refractivity contribution is -0.122. The molecular formula is C14H18Cl2N2O2. The van der Waals surface area contributed by atoms with Crippen LogP contribution in [0, 0.1) is 0 Å². The van der Waals surface area contributed by atoms with Gasteiger partial charge in [0.1, 0.15) is 0 Å². The van der Waals surface area contributed by atoms with E-state index in [-0.39, 0.29) is 18.1 Å². The highest BCUT2D eigenvalue weighted by molar-refractivity contribution is 6.42. The first-order valence-electron chi connectivity index (χ1n) is 6.52. The molecule has 2 rings (SSSR count). The quantitative estimate of drug-likeness (QED) is 0.905. The van der Waals surface area contributed by atoms with Crippen LogP contribution in [-0.2, 0) is 16.0 Å². The number of benzene rings is 1. The van der Waals surface area contributed by atoms with Crippen molar-refractivity contribution in [2.45, 2.75) is 25.0 Å². The number of nitrogens with zero attached hydrogens (tertiary/aromatic N) is 1. The molecule has 1 aromatic carbocycles. The summed E-state index contributed by atoms with van der Waals surface area (Å²) in [5.41, 5.74) is 6.42. The Morgan fingerprint density at radius 2 is 2.25 bits per heavy atom. The van der Waals surface area contributed by atoms with Crippen LogP contribution in [0.15, 0.2) is 18.2 Å². The minimum atomic E-state index is -0.304. The summed E-state index contributed by atoms with van der Waals surface area (Å²) in [6, 6.07) is 5.31. The maximum Gasteiger partial charge on any atom is 0.234 e. The Hall–Kier alpha value is -0.810. The van der Waals surface area contributed by atoms with E-state index in [1.807, 2.05) is 17.0 Å². The van der Waals surface area contributed by atoms with Crippen LogP contribution in [0.3, 0.4) is 0 Å². The number of nitrogens with two attached hydrogens (primary N) is 1. The first kappa shape index (κ1) is 15.6. The highest BCUT2D eigenvalue weighted by Gasteiger charge is 2.35. The number of primary amides is 1. The number of amides is 1. The zero-order valence-electron chi connectivity index (χ0n) is 11.3. The van der Waals surface area contributed by atoms with Gasteiger partial charge in [0, 0.05) is 20.2 Å². The van der Waals surface area contributed by atoms with E-state index in [1.54, 1.807) is 13.2 Å². The van der Waals surface area contributed by atoms with Gasteiger partial charge in [0.25, 0.3) is 0 Å². The van der Waals surface area contributed by atoms with Crippen molar-refractivity contribution in [3.63, 3.8) is 0 Å². The standard InChI is InChI=1S/C14H18Cl2N2O2/c1-20-10-7-12(14(17)19)18(8-10)6-5-9-3-2-4-11(15)13(9)16/h2-4,10,12H,5-8H2,1H3,(H2,17,19)/t10-,12-/m0/s1. The fourth-order valence-corrected chi connectivity index (χ4v) is 3.00. The SMILES string of the molecule is CO[C@H]1C[C@@H](C(N)=O)N(CCc2cccc(Cl)c2Cl)C1. The van der Waals surface area contributed by atoms with Gasteiger partial charge in [0.05, 0.1) is 22.2 Å². The Labute approximate surface area is 128 Å². The van der Waals surface area contributed by atoms with E-state index in [9.17, 15) is 4.79 Å². The van der Waals surface area contributed by atoms with Crippen molar-refractivity contribution in [2.75, 3.05) is 20.2 Å². The van der Waals surface area contributed by atoms with Crippen molar-refractivity contribution in [3.05, 3.63) is 33.8 Å². The minimum absolute atomic E-state index is 0.0577. The summed E-state index contributed by atoms with van der Waals surface area (Å²) in [6.45, 7) is 1.41. The predicted octanol–water partition coefficient (Wildman–Crippen LogP) is 2.11. The topological polar surface area (TPSA) is 55.6 Å². The van der Waals surface area contributed by atoms with E-state index in [2.05, 4.69) is 0 Å². The fraction of sp³-hybridized carbons (Fsp3) is 0.500. The Kier molecular flexibility index (Phi) is 5.27. The summed E-state index contributed by atoms with van der Waals surface area (Å²) in [5.74, 6) is -0.304. The Morgan fingerprint density at radius 3 is 2.90 bits per heavy atom. The van der Waals surface area contributed by atoms with E-state index >= 15 is 0 Å². The van der Waals surface area contributed by atoms with Gasteiger partial charge in [-0.05, 0) is 24.5 Å². The van der Waals surface area contributed by atoms with Gasteiger partial charge in [0.15, 0.2) is 0 Å². The average Bonchev–Trinajstić information content (AvgIpc) is 2.84. The van der Waals surface area contributed by atoms with Crippen LogP contribution in [0.4, 0.5) is 0 Å². The molecule has 2 atom stereocenters. The lowest BCUT2D eigenvalue weighted by Gasteiger charge is -2.21. The lowest BCUT2D eigenvalue weighted by Crippen LogP contribution is -2.41. The maximum absolute atomic E-state index is 11.5. The average molecular weight is 317 g/mol. The lowest BCUT2D eigenvalue weighted by atomic mass is 10.1. The Morgan fingerprint density at radius 1 is 1.50 bits per heavy atom. The smallest absolute Gasteiger partial charge is 0.234 e. The van der Waals surface area contributed by atoms with Gasteiger partial charge >= 0.3 is 0 Å². The minimum Gasteiger partial charge on any atom is -0.380 e. The van der Waals surface area contributed by atoms with Crippen molar-refractivity contribution >= 4 is 29.1 Å². The van der Waals surface area contributed by atoms with Crippen molar-refractivity contribution in [2.24, 2.45) is 5.73 Å². The number of hydrogen-bond acceptors (Lipinski definition) is 3. The molecule has 0 saturated carbocycles. The van der Waals surface area contributed by atoms with Gasteiger partial charge in [-0.25, -0.2) is 0 Å². The molecule has 1 amide bonds. The number of carbonyl (C=O) groups excluding carboxylic acids is 1. The van der Waals surface area contributed by atoms with E-state index in [0.717, 1.165) is 12.0 Å². The molecule has 1 saturated heterocycles. The fourth-order valence-electron chi connectivity index (χ4n) is 2.58. The molecular weight excluding hydrogens is 299 g/mol. The number of likely N-dealkylation sites (tertiary alicyclic amines) is 1. The van der Waals surface area contributed by atoms with Gasteiger partial charge in [-0.1, -0.05) is 35.3 Å². The third-order valence-electron chi connectivity index (χ3n) is 3.73. The van der Waals surface area contributed by atoms with Crippen molar-refractivity contribution in [1.29, 1.82) is 0 Å². The van der Waals surface area contributed by atoms with Gasteiger partial charge < -0.3 is 10.5 Å². The van der Waals surface area contributed by atoms with E-state index in [0.29, 0.717) is 29.6 Å². The molecule has 1 heterocycles. The first-order valence-corrected chi connectivity index (χ1v) is 7.27. The molecule has 1 aliphatic heterocycles. The second kappa shape index (κ2) is 6.76. The maximum atomic E-state index is 11.5. The molecule has 6 heteroatoms. The molecule has 0 radical (unpaired) electrons. The third kappa shape index (κ3) is 3.44. The number of rotatable bonds is 5. The van der Waals surface area contributed by atoms with E-state index in [4.69, 9.17) is 33.7 Å². The Balaban J connectivity index is 2.02. The monoisotopic (exact) mass is 316 g/mol. The highest BCUT2D eigenvalue weighted by Crippen LogP contribution is 2.27. The summed E-state index contributed by atoms with van der Waals surface area (Å²) >= 11 is 12.2. The number of methoxy groups -OCH3 is 1. The molecule has 0 unspecified atom stereocenters. The summed E-state index contributed by atoms with van der Waals surface area (Å²) in [4.78, 5) is 13.5. The molecule has 20 heavy (non-hydrogen) atoms. The van der Waals surface area contributed by atoms with Crippen LogP contribution in [0.1, 0.15) is 12.0 Å². The van der Waals surface area contributed by atoms with Crippen molar-refractivity contribution in [1.82, 2.24) is 4.90 Å². The zero-order chi connectivity index (χ0) is 14.7. The molecule has 1 fully saturated rings. The summed E-state index contributed by atoms with van der Waals surface area (Å²) in [6.07, 6.45) is 1.43. The first-order chi connectivity index (χ1) is 9.52. The molecule has 1 aliphatic rings. The van der Waals surface area contributed by atoms with Crippen LogP contribution < -0.4 is 5.73 Å². The molecule has 0 bridgehead atoms. The van der Waals surface area contributed by atoms with E-state index < -0.39 is 0 Å². The summed E-state index contributed by atoms with van der Waals surface area (Å²) in [7, 11) is 1.65. The summed E-state index contributed by atoms with van der Waals surface area (Å²) in [5, 5.41) is 1.12. The number of ether oxygens (including phenoxy) is 1. The predicted molar refractivity (Wildman–Crippen MR) is 80.1 cm³/mol. The third-order valence-corrected chi connectivity index (χ3v) is 4.58. The molecule has 0 spiro atoms. The molecule has 0 aliphatic carbocycles. The number of hydrogen-bond donors (Lipinski definition) is 1. The second-order valence-corrected chi connectivity index (χ2v) is 5.75. The molecule has 4 nitrogen and oxygen atoms in total.